The second kappa shape index (κ2) is 8.92. The van der Waals surface area contributed by atoms with Gasteiger partial charge in [-0.1, -0.05) is 0 Å². The molecule has 1 heterocycles. The van der Waals surface area contributed by atoms with Crippen LogP contribution in [0, 0.1) is 0 Å². The van der Waals surface area contributed by atoms with Gasteiger partial charge in [0.1, 0.15) is 11.4 Å². The third-order valence-corrected chi connectivity index (χ3v) is 3.93. The summed E-state index contributed by atoms with van der Waals surface area (Å²) in [6.45, 7) is 3.93. The van der Waals surface area contributed by atoms with E-state index in [-0.39, 0.29) is 17.5 Å². The Labute approximate surface area is 168 Å². The highest BCUT2D eigenvalue weighted by atomic mass is 16.5. The number of aromatic nitrogens is 2. The Balaban J connectivity index is 1.63. The fraction of sp³-hybridized carbons (Fsp3) is 0.190. The van der Waals surface area contributed by atoms with Crippen molar-refractivity contribution in [1.82, 2.24) is 15.6 Å². The third kappa shape index (κ3) is 5.13. The van der Waals surface area contributed by atoms with Crippen LogP contribution in [0.4, 0.5) is 0 Å². The number of hydrogen-bond acceptors (Lipinski definition) is 6. The predicted molar refractivity (Wildman–Crippen MR) is 110 cm³/mol. The Bertz CT molecular complexity index is 1010. The van der Waals surface area contributed by atoms with Gasteiger partial charge in [0.2, 0.25) is 0 Å². The summed E-state index contributed by atoms with van der Waals surface area (Å²) in [5, 5.41) is 20.4. The molecule has 0 aliphatic carbocycles. The quantitative estimate of drug-likeness (QED) is 0.421. The summed E-state index contributed by atoms with van der Waals surface area (Å²) in [7, 11) is 1.46. The van der Waals surface area contributed by atoms with Crippen LogP contribution in [0.15, 0.2) is 53.6 Å². The van der Waals surface area contributed by atoms with E-state index in [0.717, 1.165) is 11.3 Å². The average molecular weight is 394 g/mol. The van der Waals surface area contributed by atoms with Crippen molar-refractivity contribution in [2.45, 2.75) is 20.0 Å². The zero-order valence-corrected chi connectivity index (χ0v) is 16.3. The average Bonchev–Trinajstić information content (AvgIpc) is 3.19. The van der Waals surface area contributed by atoms with E-state index < -0.39 is 5.91 Å². The molecule has 0 spiro atoms. The van der Waals surface area contributed by atoms with Gasteiger partial charge in [-0.25, -0.2) is 5.43 Å². The summed E-state index contributed by atoms with van der Waals surface area (Å²) >= 11 is 0. The number of carbonyl (C=O) groups excluding carboxylic acids is 1. The molecule has 0 saturated heterocycles. The number of rotatable bonds is 7. The van der Waals surface area contributed by atoms with Crippen LogP contribution in [0.1, 0.15) is 29.9 Å². The maximum atomic E-state index is 12.3. The summed E-state index contributed by atoms with van der Waals surface area (Å²) < 4.78 is 10.7. The summed E-state index contributed by atoms with van der Waals surface area (Å²) in [5.41, 5.74) is 4.87. The van der Waals surface area contributed by atoms with Gasteiger partial charge in [0, 0.05) is 5.56 Å². The van der Waals surface area contributed by atoms with Crippen LogP contribution in [-0.2, 0) is 0 Å². The van der Waals surface area contributed by atoms with Crippen molar-refractivity contribution in [2.24, 2.45) is 5.10 Å². The molecule has 29 heavy (non-hydrogen) atoms. The first kappa shape index (κ1) is 19.9. The molecule has 0 radical (unpaired) electrons. The van der Waals surface area contributed by atoms with E-state index in [1.165, 1.54) is 19.4 Å². The SMILES string of the molecule is COc1cc(/C=N/NC(=O)c2cc(-c3ccc(OC(C)C)cc3)n[nH]2)ccc1O. The Morgan fingerprint density at radius 2 is 1.97 bits per heavy atom. The first-order chi connectivity index (χ1) is 14.0. The van der Waals surface area contributed by atoms with Gasteiger partial charge < -0.3 is 14.6 Å². The second-order valence-electron chi connectivity index (χ2n) is 6.49. The lowest BCUT2D eigenvalue weighted by Gasteiger charge is -2.09. The predicted octanol–water partition coefficient (Wildman–Crippen LogP) is 3.34. The number of methoxy groups -OCH3 is 1. The lowest BCUT2D eigenvalue weighted by Crippen LogP contribution is -2.18. The minimum absolute atomic E-state index is 0.0301. The first-order valence-electron chi connectivity index (χ1n) is 8.99. The third-order valence-electron chi connectivity index (χ3n) is 3.93. The van der Waals surface area contributed by atoms with E-state index in [9.17, 15) is 9.90 Å². The van der Waals surface area contributed by atoms with Gasteiger partial charge in [-0.15, -0.1) is 0 Å². The van der Waals surface area contributed by atoms with Gasteiger partial charge in [-0.2, -0.15) is 10.2 Å². The molecule has 2 aromatic carbocycles. The Kier molecular flexibility index (Phi) is 6.13. The molecule has 0 bridgehead atoms. The zero-order chi connectivity index (χ0) is 20.8. The normalized spacial score (nSPS) is 11.0. The van der Waals surface area contributed by atoms with E-state index in [2.05, 4.69) is 20.7 Å². The molecule has 8 heteroatoms. The topological polar surface area (TPSA) is 109 Å². The molecule has 0 saturated carbocycles. The minimum Gasteiger partial charge on any atom is -0.504 e. The molecular formula is C21H22N4O4. The number of benzene rings is 2. The number of nitrogens with one attached hydrogen (secondary N) is 2. The molecule has 1 aromatic heterocycles. The largest absolute Gasteiger partial charge is 0.504 e. The molecule has 0 fully saturated rings. The van der Waals surface area contributed by atoms with Crippen LogP contribution in [0.3, 0.4) is 0 Å². The highest BCUT2D eigenvalue weighted by molar-refractivity contribution is 5.94. The van der Waals surface area contributed by atoms with E-state index in [1.807, 2.05) is 38.1 Å². The fourth-order valence-electron chi connectivity index (χ4n) is 2.56. The van der Waals surface area contributed by atoms with Gasteiger partial charge in [0.05, 0.1) is 25.1 Å². The van der Waals surface area contributed by atoms with Gasteiger partial charge in [-0.3, -0.25) is 9.89 Å². The molecular weight excluding hydrogens is 372 g/mol. The molecule has 0 aliphatic rings. The van der Waals surface area contributed by atoms with E-state index >= 15 is 0 Å². The Hall–Kier alpha value is -3.81. The van der Waals surface area contributed by atoms with Crippen LogP contribution in [0.2, 0.25) is 0 Å². The molecule has 1 amide bonds. The van der Waals surface area contributed by atoms with E-state index in [1.54, 1.807) is 18.2 Å². The van der Waals surface area contributed by atoms with Gasteiger partial charge in [0.25, 0.3) is 5.91 Å². The minimum atomic E-state index is -0.425. The summed E-state index contributed by atoms with van der Waals surface area (Å²) in [5.74, 6) is 0.703. The number of aromatic amines is 1. The number of hydrazone groups is 1. The van der Waals surface area contributed by atoms with Crippen molar-refractivity contribution in [1.29, 1.82) is 0 Å². The highest BCUT2D eigenvalue weighted by Crippen LogP contribution is 2.25. The van der Waals surface area contributed by atoms with Crippen LogP contribution >= 0.6 is 0 Å². The van der Waals surface area contributed by atoms with Gasteiger partial charge >= 0.3 is 0 Å². The number of phenolic OH excluding ortho intramolecular Hbond substituents is 1. The maximum Gasteiger partial charge on any atom is 0.289 e. The number of amides is 1. The first-order valence-corrected chi connectivity index (χ1v) is 8.99. The zero-order valence-electron chi connectivity index (χ0n) is 16.3. The van der Waals surface area contributed by atoms with Crippen molar-refractivity contribution in [2.75, 3.05) is 7.11 Å². The molecule has 150 valence electrons. The lowest BCUT2D eigenvalue weighted by molar-refractivity contribution is 0.0950. The van der Waals surface area contributed by atoms with Crippen LogP contribution in [0.5, 0.6) is 17.2 Å². The van der Waals surface area contributed by atoms with Crippen molar-refractivity contribution in [3.05, 3.63) is 59.8 Å². The number of nitrogens with zero attached hydrogens (tertiary/aromatic N) is 2. The second-order valence-corrected chi connectivity index (χ2v) is 6.49. The van der Waals surface area contributed by atoms with Crippen LogP contribution in [-0.4, -0.2) is 40.6 Å². The molecule has 0 unspecified atom stereocenters. The molecule has 0 aliphatic heterocycles. The number of carbonyl (C=O) groups is 1. The number of aromatic hydroxyl groups is 1. The fourth-order valence-corrected chi connectivity index (χ4v) is 2.56. The molecule has 3 rings (SSSR count). The van der Waals surface area contributed by atoms with Crippen molar-refractivity contribution in [3.63, 3.8) is 0 Å². The number of phenols is 1. The molecule has 3 N–H and O–H groups in total. The van der Waals surface area contributed by atoms with Gasteiger partial charge in [-0.05, 0) is 67.9 Å². The molecule has 0 atom stereocenters. The molecule has 8 nitrogen and oxygen atoms in total. The number of H-pyrrole nitrogens is 1. The summed E-state index contributed by atoms with van der Waals surface area (Å²) in [6.07, 6.45) is 1.55. The number of ether oxygens (including phenoxy) is 2. The number of hydrogen-bond donors (Lipinski definition) is 3. The molecule has 3 aromatic rings. The van der Waals surface area contributed by atoms with Crippen molar-refractivity contribution in [3.8, 4) is 28.5 Å². The Morgan fingerprint density at radius 3 is 2.66 bits per heavy atom. The summed E-state index contributed by atoms with van der Waals surface area (Å²) in [4.78, 5) is 12.3. The van der Waals surface area contributed by atoms with E-state index in [4.69, 9.17) is 9.47 Å². The lowest BCUT2D eigenvalue weighted by atomic mass is 10.1. The van der Waals surface area contributed by atoms with E-state index in [0.29, 0.717) is 17.0 Å². The van der Waals surface area contributed by atoms with Crippen LogP contribution < -0.4 is 14.9 Å². The Morgan fingerprint density at radius 1 is 1.21 bits per heavy atom. The summed E-state index contributed by atoms with van der Waals surface area (Å²) in [6, 6.07) is 13.9. The monoisotopic (exact) mass is 394 g/mol. The maximum absolute atomic E-state index is 12.3. The highest BCUT2D eigenvalue weighted by Gasteiger charge is 2.11. The standard InChI is InChI=1S/C21H22N4O4/c1-13(2)29-16-7-5-15(6-8-16)17-11-18(24-23-17)21(27)25-22-12-14-4-9-19(26)20(10-14)28-3/h4-13,26H,1-3H3,(H,23,24)(H,25,27)/b22-12+. The van der Waals surface area contributed by atoms with Crippen LogP contribution in [0.25, 0.3) is 11.3 Å². The van der Waals surface area contributed by atoms with Gasteiger partial charge in [0.15, 0.2) is 11.5 Å². The smallest absolute Gasteiger partial charge is 0.289 e. The van der Waals surface area contributed by atoms with Crippen molar-refractivity contribution >= 4 is 12.1 Å². The van der Waals surface area contributed by atoms with Crippen molar-refractivity contribution < 1.29 is 19.4 Å².